The fraction of sp³-hybridized carbons (Fsp3) is 0.304. The van der Waals surface area contributed by atoms with E-state index in [0.29, 0.717) is 53.1 Å². The summed E-state index contributed by atoms with van der Waals surface area (Å²) in [5.41, 5.74) is 4.50. The van der Waals surface area contributed by atoms with Crippen molar-refractivity contribution in [2.75, 3.05) is 32.8 Å². The van der Waals surface area contributed by atoms with Crippen LogP contribution in [0.4, 0.5) is 11.4 Å². The first-order valence-corrected chi connectivity index (χ1v) is 10.5. The molecule has 0 atom stereocenters. The van der Waals surface area contributed by atoms with Gasteiger partial charge in [0.1, 0.15) is 12.4 Å². The van der Waals surface area contributed by atoms with E-state index in [2.05, 4.69) is 15.3 Å². The molecule has 7 nitrogen and oxygen atoms in total. The normalized spacial score (nSPS) is 13.1. The fourth-order valence-corrected chi connectivity index (χ4v) is 4.06. The smallest absolute Gasteiger partial charge is 0.166 e. The number of hydrogen-bond donors (Lipinski definition) is 2. The maximum Gasteiger partial charge on any atom is 0.166 e. The highest BCUT2D eigenvalue weighted by molar-refractivity contribution is 6.32. The lowest BCUT2D eigenvalue weighted by atomic mass is 9.95. The van der Waals surface area contributed by atoms with Crippen LogP contribution in [0.2, 0.25) is 5.02 Å². The lowest BCUT2D eigenvalue weighted by molar-refractivity contribution is 0.0973. The van der Waals surface area contributed by atoms with Gasteiger partial charge in [-0.25, -0.2) is 0 Å². The van der Waals surface area contributed by atoms with Crippen molar-refractivity contribution in [1.29, 1.82) is 0 Å². The summed E-state index contributed by atoms with van der Waals surface area (Å²) in [5, 5.41) is 3.89. The molecule has 2 heterocycles. The zero-order valence-electron chi connectivity index (χ0n) is 17.5. The number of rotatable bonds is 8. The van der Waals surface area contributed by atoms with E-state index in [9.17, 15) is 4.79 Å². The van der Waals surface area contributed by atoms with Crippen LogP contribution in [0.15, 0.2) is 36.7 Å². The number of aryl methyl sites for hydroxylation is 1. The molecule has 0 amide bonds. The van der Waals surface area contributed by atoms with Crippen LogP contribution >= 0.6 is 11.6 Å². The van der Waals surface area contributed by atoms with Gasteiger partial charge in [0, 0.05) is 31.0 Å². The Morgan fingerprint density at radius 2 is 2.06 bits per heavy atom. The highest BCUT2D eigenvalue weighted by Crippen LogP contribution is 2.43. The average molecular weight is 442 g/mol. The summed E-state index contributed by atoms with van der Waals surface area (Å²) in [6, 6.07) is 7.32. The lowest BCUT2D eigenvalue weighted by Crippen LogP contribution is -2.11. The first-order chi connectivity index (χ1) is 15.1. The van der Waals surface area contributed by atoms with Crippen LogP contribution in [-0.2, 0) is 11.2 Å². The number of aromatic amines is 1. The molecular weight excluding hydrogens is 418 g/mol. The summed E-state index contributed by atoms with van der Waals surface area (Å²) < 4.78 is 16.5. The molecule has 8 heteroatoms. The second-order valence-electron chi connectivity index (χ2n) is 7.16. The quantitative estimate of drug-likeness (QED) is 0.477. The highest BCUT2D eigenvalue weighted by Gasteiger charge is 2.28. The van der Waals surface area contributed by atoms with Crippen molar-refractivity contribution in [3.63, 3.8) is 0 Å². The van der Waals surface area contributed by atoms with E-state index in [1.807, 2.05) is 18.2 Å². The Morgan fingerprint density at radius 1 is 1.19 bits per heavy atom. The molecule has 0 bridgehead atoms. The maximum atomic E-state index is 12.9. The van der Waals surface area contributed by atoms with Crippen molar-refractivity contribution in [2.24, 2.45) is 0 Å². The monoisotopic (exact) mass is 441 g/mol. The van der Waals surface area contributed by atoms with Gasteiger partial charge < -0.3 is 24.5 Å². The van der Waals surface area contributed by atoms with Gasteiger partial charge in [0.15, 0.2) is 11.5 Å². The largest absolute Gasteiger partial charge is 0.493 e. The van der Waals surface area contributed by atoms with Crippen LogP contribution in [-0.4, -0.2) is 43.2 Å². The molecule has 0 aliphatic heterocycles. The van der Waals surface area contributed by atoms with Gasteiger partial charge in [-0.3, -0.25) is 9.78 Å². The standard InChI is InChI=1S/C23H24ClN3O4/c1-29-11-12-31-19-13-25-10-9-14(19)21-22(20-16(26-21)6-4-8-18(20)28)27-17-7-3-5-15(24)23(17)30-2/h3,5,7,9-10,13,26-27H,4,6,8,11-12H2,1-2H3. The number of carbonyl (C=O) groups is 1. The average Bonchev–Trinajstić information content (AvgIpc) is 3.14. The van der Waals surface area contributed by atoms with Gasteiger partial charge in [0.05, 0.1) is 47.6 Å². The number of Topliss-reactive ketones (excluding diaryl/α,β-unsaturated/α-hetero) is 1. The van der Waals surface area contributed by atoms with Crippen LogP contribution in [0, 0.1) is 0 Å². The van der Waals surface area contributed by atoms with E-state index < -0.39 is 0 Å². The Morgan fingerprint density at radius 3 is 2.87 bits per heavy atom. The number of methoxy groups -OCH3 is 2. The fourth-order valence-electron chi connectivity index (χ4n) is 3.81. The maximum absolute atomic E-state index is 12.9. The molecule has 1 aliphatic carbocycles. The van der Waals surface area contributed by atoms with Gasteiger partial charge in [0.25, 0.3) is 0 Å². The van der Waals surface area contributed by atoms with Gasteiger partial charge in [-0.05, 0) is 31.0 Å². The number of benzene rings is 1. The summed E-state index contributed by atoms with van der Waals surface area (Å²) in [7, 11) is 3.19. The summed E-state index contributed by atoms with van der Waals surface area (Å²) in [6.07, 6.45) is 5.49. The van der Waals surface area contributed by atoms with Gasteiger partial charge >= 0.3 is 0 Å². The molecule has 0 unspecified atom stereocenters. The molecule has 162 valence electrons. The molecule has 31 heavy (non-hydrogen) atoms. The van der Waals surface area contributed by atoms with Crippen LogP contribution in [0.3, 0.4) is 0 Å². The van der Waals surface area contributed by atoms with E-state index in [-0.39, 0.29) is 5.78 Å². The Kier molecular flexibility index (Phi) is 6.44. The molecule has 0 saturated carbocycles. The minimum absolute atomic E-state index is 0.100. The van der Waals surface area contributed by atoms with E-state index >= 15 is 0 Å². The number of nitrogens with one attached hydrogen (secondary N) is 2. The first-order valence-electron chi connectivity index (χ1n) is 10.1. The molecule has 0 radical (unpaired) electrons. The third-order valence-electron chi connectivity index (χ3n) is 5.22. The Bertz CT molecular complexity index is 1100. The number of hydrogen-bond acceptors (Lipinski definition) is 6. The van der Waals surface area contributed by atoms with Crippen LogP contribution in [0.5, 0.6) is 11.5 Å². The van der Waals surface area contributed by atoms with Crippen molar-refractivity contribution < 1.29 is 19.0 Å². The highest BCUT2D eigenvalue weighted by atomic mass is 35.5. The van der Waals surface area contributed by atoms with E-state index in [1.165, 1.54) is 0 Å². The minimum Gasteiger partial charge on any atom is -0.493 e. The number of ketones is 1. The molecular formula is C23H24ClN3O4. The Balaban J connectivity index is 1.84. The van der Waals surface area contributed by atoms with Gasteiger partial charge in [-0.1, -0.05) is 17.7 Å². The van der Waals surface area contributed by atoms with Crippen molar-refractivity contribution in [1.82, 2.24) is 9.97 Å². The molecule has 0 spiro atoms. The number of halogens is 1. The number of nitrogens with zero attached hydrogens (tertiary/aromatic N) is 1. The number of fused-ring (bicyclic) bond motifs is 1. The SMILES string of the molecule is COCCOc1cnccc1-c1[nH]c2c(c1Nc1cccc(Cl)c1OC)C(=O)CCC2. The van der Waals surface area contributed by atoms with Crippen molar-refractivity contribution in [2.45, 2.75) is 19.3 Å². The number of anilines is 2. The second-order valence-corrected chi connectivity index (χ2v) is 7.57. The zero-order valence-corrected chi connectivity index (χ0v) is 18.2. The van der Waals surface area contributed by atoms with E-state index in [1.54, 1.807) is 32.7 Å². The number of H-pyrrole nitrogens is 1. The van der Waals surface area contributed by atoms with E-state index in [4.69, 9.17) is 25.8 Å². The number of para-hydroxylation sites is 1. The Labute approximate surface area is 185 Å². The number of aromatic nitrogens is 2. The summed E-state index contributed by atoms with van der Waals surface area (Å²) >= 11 is 6.31. The predicted molar refractivity (Wildman–Crippen MR) is 120 cm³/mol. The summed E-state index contributed by atoms with van der Waals surface area (Å²) in [6.45, 7) is 0.846. The topological polar surface area (TPSA) is 85.5 Å². The Hall–Kier alpha value is -3.03. The molecule has 1 aromatic carbocycles. The number of carbonyl (C=O) groups excluding carboxylic acids is 1. The molecule has 4 rings (SSSR count). The molecule has 3 aromatic rings. The van der Waals surface area contributed by atoms with Crippen LogP contribution in [0.1, 0.15) is 28.9 Å². The third kappa shape index (κ3) is 4.24. The molecule has 0 fully saturated rings. The van der Waals surface area contributed by atoms with Crippen LogP contribution < -0.4 is 14.8 Å². The van der Waals surface area contributed by atoms with Gasteiger partial charge in [-0.2, -0.15) is 0 Å². The predicted octanol–water partition coefficient (Wildman–Crippen LogP) is 5.03. The molecule has 2 N–H and O–H groups in total. The second kappa shape index (κ2) is 9.41. The van der Waals surface area contributed by atoms with Crippen molar-refractivity contribution in [3.8, 4) is 22.8 Å². The molecule has 2 aromatic heterocycles. The molecule has 0 saturated heterocycles. The number of pyridine rings is 1. The van der Waals surface area contributed by atoms with Crippen molar-refractivity contribution in [3.05, 3.63) is 52.9 Å². The third-order valence-corrected chi connectivity index (χ3v) is 5.51. The zero-order chi connectivity index (χ0) is 21.8. The molecule has 1 aliphatic rings. The summed E-state index contributed by atoms with van der Waals surface area (Å²) in [5.74, 6) is 1.22. The minimum atomic E-state index is 0.100. The lowest BCUT2D eigenvalue weighted by Gasteiger charge is -2.17. The summed E-state index contributed by atoms with van der Waals surface area (Å²) in [4.78, 5) is 20.5. The van der Waals surface area contributed by atoms with Gasteiger partial charge in [-0.15, -0.1) is 0 Å². The van der Waals surface area contributed by atoms with Crippen LogP contribution in [0.25, 0.3) is 11.3 Å². The van der Waals surface area contributed by atoms with Gasteiger partial charge in [0.2, 0.25) is 0 Å². The first kappa shape index (κ1) is 21.2. The van der Waals surface area contributed by atoms with Crippen molar-refractivity contribution >= 4 is 28.8 Å². The number of ether oxygens (including phenoxy) is 3. The van der Waals surface area contributed by atoms with E-state index in [0.717, 1.165) is 29.8 Å².